The second kappa shape index (κ2) is 11.4. The average Bonchev–Trinajstić information content (AvgIpc) is 3.23. The number of nitrogens with one attached hydrogen (secondary N) is 1. The molecule has 3 aromatic rings. The highest BCUT2D eigenvalue weighted by Gasteiger charge is 2.10. The first-order valence-corrected chi connectivity index (χ1v) is 12.0. The van der Waals surface area contributed by atoms with Gasteiger partial charge in [0, 0.05) is 16.3 Å². The molecule has 0 aliphatic carbocycles. The van der Waals surface area contributed by atoms with E-state index in [1.165, 1.54) is 23.1 Å². The van der Waals surface area contributed by atoms with E-state index in [4.69, 9.17) is 16.3 Å². The molecule has 0 radical (unpaired) electrons. The molecule has 0 bridgehead atoms. The van der Waals surface area contributed by atoms with E-state index < -0.39 is 0 Å². The smallest absolute Gasteiger partial charge is 0.250 e. The van der Waals surface area contributed by atoms with Gasteiger partial charge in [-0.2, -0.15) is 5.10 Å². The van der Waals surface area contributed by atoms with Gasteiger partial charge in [-0.3, -0.25) is 4.79 Å². The van der Waals surface area contributed by atoms with Gasteiger partial charge in [0.2, 0.25) is 0 Å². The van der Waals surface area contributed by atoms with Crippen molar-refractivity contribution >= 4 is 58.1 Å². The Balaban J connectivity index is 1.46. The Labute approximate surface area is 192 Å². The van der Waals surface area contributed by atoms with Crippen LogP contribution in [0.2, 0.25) is 5.02 Å². The first kappa shape index (κ1) is 22.6. The Morgan fingerprint density at radius 1 is 1.17 bits per heavy atom. The Morgan fingerprint density at radius 3 is 2.70 bits per heavy atom. The molecule has 10 heteroatoms. The lowest BCUT2D eigenvalue weighted by Crippen LogP contribution is -2.21. The predicted octanol–water partition coefficient (Wildman–Crippen LogP) is 5.12. The number of carbonyl (C=O) groups is 1. The number of benzene rings is 2. The largest absolute Gasteiger partial charge is 0.497 e. The molecule has 0 fully saturated rings. The summed E-state index contributed by atoms with van der Waals surface area (Å²) in [6.07, 6.45) is 0. The fourth-order valence-corrected chi connectivity index (χ4v) is 5.39. The van der Waals surface area contributed by atoms with Crippen molar-refractivity contribution in [2.45, 2.75) is 21.4 Å². The van der Waals surface area contributed by atoms with E-state index in [1.54, 1.807) is 18.9 Å². The molecule has 6 nitrogen and oxygen atoms in total. The number of hydrazone groups is 1. The topological polar surface area (TPSA) is 76.5 Å². The molecule has 3 rings (SSSR count). The minimum absolute atomic E-state index is 0.206. The van der Waals surface area contributed by atoms with Crippen LogP contribution in [0.3, 0.4) is 0 Å². The summed E-state index contributed by atoms with van der Waals surface area (Å²) in [5.41, 5.74) is 5.20. The van der Waals surface area contributed by atoms with E-state index in [1.807, 2.05) is 55.5 Å². The van der Waals surface area contributed by atoms with Gasteiger partial charge in [-0.05, 0) is 30.7 Å². The quantitative estimate of drug-likeness (QED) is 0.261. The van der Waals surface area contributed by atoms with Gasteiger partial charge in [0.05, 0.1) is 18.6 Å². The summed E-state index contributed by atoms with van der Waals surface area (Å²) in [7, 11) is 1.61. The number of methoxy groups -OCH3 is 1. The molecule has 30 heavy (non-hydrogen) atoms. The maximum atomic E-state index is 12.1. The molecule has 0 aliphatic heterocycles. The van der Waals surface area contributed by atoms with Gasteiger partial charge in [-0.25, -0.2) is 5.43 Å². The summed E-state index contributed by atoms with van der Waals surface area (Å²) in [5.74, 6) is 1.46. The van der Waals surface area contributed by atoms with Crippen LogP contribution in [0.25, 0.3) is 0 Å². The molecule has 1 heterocycles. The summed E-state index contributed by atoms with van der Waals surface area (Å²) in [6, 6.07) is 15.2. The van der Waals surface area contributed by atoms with Crippen molar-refractivity contribution in [2.75, 3.05) is 12.9 Å². The van der Waals surface area contributed by atoms with E-state index in [2.05, 4.69) is 20.7 Å². The number of thioether (sulfide) groups is 2. The van der Waals surface area contributed by atoms with E-state index in [9.17, 15) is 4.79 Å². The highest BCUT2D eigenvalue weighted by Crippen LogP contribution is 2.32. The van der Waals surface area contributed by atoms with Crippen molar-refractivity contribution in [3.05, 3.63) is 64.7 Å². The Hall–Kier alpha value is -2.07. The summed E-state index contributed by atoms with van der Waals surface area (Å²) in [6.45, 7) is 1.83. The number of hydrogen-bond donors (Lipinski definition) is 1. The van der Waals surface area contributed by atoms with Crippen LogP contribution in [-0.4, -0.2) is 34.7 Å². The Morgan fingerprint density at radius 2 is 1.93 bits per heavy atom. The van der Waals surface area contributed by atoms with Crippen LogP contribution in [0.4, 0.5) is 0 Å². The van der Waals surface area contributed by atoms with Gasteiger partial charge < -0.3 is 4.74 Å². The van der Waals surface area contributed by atoms with Crippen LogP contribution >= 0.6 is 46.5 Å². The zero-order valence-corrected chi connectivity index (χ0v) is 19.5. The van der Waals surface area contributed by atoms with Crippen molar-refractivity contribution in [1.82, 2.24) is 15.6 Å². The summed E-state index contributed by atoms with van der Waals surface area (Å²) in [4.78, 5) is 12.1. The molecule has 1 aromatic heterocycles. The number of aromatic nitrogens is 2. The second-order valence-electron chi connectivity index (χ2n) is 5.97. The number of nitrogens with zero attached hydrogens (tertiary/aromatic N) is 3. The Kier molecular flexibility index (Phi) is 8.56. The molecule has 1 N–H and O–H groups in total. The molecule has 0 saturated heterocycles. The van der Waals surface area contributed by atoms with Gasteiger partial charge in [0.25, 0.3) is 5.91 Å². The fourth-order valence-electron chi connectivity index (χ4n) is 2.29. The molecule has 0 unspecified atom stereocenters. The maximum absolute atomic E-state index is 12.1. The van der Waals surface area contributed by atoms with Crippen molar-refractivity contribution in [2.24, 2.45) is 5.10 Å². The second-order valence-corrected chi connectivity index (χ2v) is 9.80. The van der Waals surface area contributed by atoms with Gasteiger partial charge in [0.15, 0.2) is 8.68 Å². The number of amides is 1. The van der Waals surface area contributed by atoms with E-state index in [0.717, 1.165) is 36.3 Å². The SMILES string of the molecule is COc1cccc(C(C)=NNC(=O)CSc2nnc(SCc3ccccc3Cl)s2)c1. The lowest BCUT2D eigenvalue weighted by atomic mass is 10.1. The third-order valence-electron chi connectivity index (χ3n) is 3.86. The van der Waals surface area contributed by atoms with Crippen molar-refractivity contribution in [3.8, 4) is 5.75 Å². The van der Waals surface area contributed by atoms with Gasteiger partial charge >= 0.3 is 0 Å². The number of rotatable bonds is 9. The molecular weight excluding hydrogens is 460 g/mol. The van der Waals surface area contributed by atoms with E-state index >= 15 is 0 Å². The van der Waals surface area contributed by atoms with Crippen LogP contribution in [0.15, 0.2) is 62.3 Å². The molecule has 2 aromatic carbocycles. The maximum Gasteiger partial charge on any atom is 0.250 e. The highest BCUT2D eigenvalue weighted by atomic mass is 35.5. The standard InChI is InChI=1S/C20H19ClN4O2S3/c1-13(14-7-5-8-16(10-14)27-2)22-23-18(26)12-29-20-25-24-19(30-20)28-11-15-6-3-4-9-17(15)21/h3-10H,11-12H2,1-2H3,(H,23,26). The first-order valence-electron chi connectivity index (χ1n) is 8.85. The zero-order valence-electron chi connectivity index (χ0n) is 16.3. The van der Waals surface area contributed by atoms with Crippen molar-refractivity contribution in [1.29, 1.82) is 0 Å². The predicted molar refractivity (Wildman–Crippen MR) is 125 cm³/mol. The van der Waals surface area contributed by atoms with Gasteiger partial charge in [0.1, 0.15) is 5.75 Å². The van der Waals surface area contributed by atoms with Crippen LogP contribution < -0.4 is 10.2 Å². The first-order chi connectivity index (χ1) is 14.5. The van der Waals surface area contributed by atoms with Crippen LogP contribution in [-0.2, 0) is 10.5 Å². The summed E-state index contributed by atoms with van der Waals surface area (Å²) >= 11 is 10.5. The van der Waals surface area contributed by atoms with Crippen LogP contribution in [0.5, 0.6) is 5.75 Å². The summed E-state index contributed by atoms with van der Waals surface area (Å²) < 4.78 is 6.78. The molecular formula is C20H19ClN4O2S3. The molecule has 156 valence electrons. The van der Waals surface area contributed by atoms with E-state index in [0.29, 0.717) is 5.71 Å². The van der Waals surface area contributed by atoms with Crippen LogP contribution in [0.1, 0.15) is 18.1 Å². The molecule has 1 amide bonds. The van der Waals surface area contributed by atoms with Crippen molar-refractivity contribution in [3.63, 3.8) is 0 Å². The number of hydrogen-bond acceptors (Lipinski definition) is 8. The highest BCUT2D eigenvalue weighted by molar-refractivity contribution is 8.03. The molecule has 0 spiro atoms. The minimum atomic E-state index is -0.206. The Bertz CT molecular complexity index is 1040. The summed E-state index contributed by atoms with van der Waals surface area (Å²) in [5, 5.41) is 13.2. The zero-order chi connectivity index (χ0) is 21.3. The fraction of sp³-hybridized carbons (Fsp3) is 0.200. The lowest BCUT2D eigenvalue weighted by Gasteiger charge is -2.04. The van der Waals surface area contributed by atoms with Gasteiger partial charge in [-0.1, -0.05) is 76.8 Å². The molecule has 0 saturated carbocycles. The van der Waals surface area contributed by atoms with Gasteiger partial charge in [-0.15, -0.1) is 10.2 Å². The van der Waals surface area contributed by atoms with Crippen LogP contribution in [0, 0.1) is 0 Å². The number of halogens is 1. The minimum Gasteiger partial charge on any atom is -0.497 e. The average molecular weight is 479 g/mol. The third kappa shape index (κ3) is 6.73. The monoisotopic (exact) mass is 478 g/mol. The number of ether oxygens (including phenoxy) is 1. The normalized spacial score (nSPS) is 11.4. The number of carbonyl (C=O) groups excluding carboxylic acids is 1. The molecule has 0 aliphatic rings. The molecule has 0 atom stereocenters. The third-order valence-corrected chi connectivity index (χ3v) is 7.47. The van der Waals surface area contributed by atoms with Crippen molar-refractivity contribution < 1.29 is 9.53 Å². The lowest BCUT2D eigenvalue weighted by molar-refractivity contribution is -0.118. The van der Waals surface area contributed by atoms with E-state index in [-0.39, 0.29) is 11.7 Å².